The largest absolute Gasteiger partial charge is 0.487 e. The maximum absolute atomic E-state index is 13.6. The van der Waals surface area contributed by atoms with E-state index in [0.29, 0.717) is 34.8 Å². The Balaban J connectivity index is 1.59. The molecule has 7 heteroatoms. The molecule has 0 aromatic heterocycles. The van der Waals surface area contributed by atoms with Gasteiger partial charge in [-0.3, -0.25) is 4.79 Å². The first-order valence-electron chi connectivity index (χ1n) is 11.0. The van der Waals surface area contributed by atoms with Gasteiger partial charge in [0, 0.05) is 28.3 Å². The molecular weight excluding hydrogens is 621 g/mol. The van der Waals surface area contributed by atoms with Gasteiger partial charge < -0.3 is 14.8 Å². The molecule has 1 heterocycles. The predicted octanol–water partition coefficient (Wildman–Crippen LogP) is 6.37. The lowest BCUT2D eigenvalue weighted by molar-refractivity contribution is -0.136. The molecule has 0 saturated carbocycles. The van der Waals surface area contributed by atoms with Crippen LogP contribution in [0.4, 0.5) is 0 Å². The Morgan fingerprint density at radius 1 is 1.06 bits per heavy atom. The first-order chi connectivity index (χ1) is 16.9. The number of esters is 1. The van der Waals surface area contributed by atoms with Crippen molar-refractivity contribution >= 4 is 56.0 Å². The van der Waals surface area contributed by atoms with E-state index in [2.05, 4.69) is 43.8 Å². The molecule has 0 bridgehead atoms. The van der Waals surface area contributed by atoms with Crippen molar-refractivity contribution in [1.82, 2.24) is 5.32 Å². The smallest absolute Gasteiger partial charge is 0.336 e. The highest BCUT2D eigenvalue weighted by molar-refractivity contribution is 14.1. The summed E-state index contributed by atoms with van der Waals surface area (Å²) in [7, 11) is 1.36. The summed E-state index contributed by atoms with van der Waals surface area (Å²) in [5, 5.41) is 3.31. The van der Waals surface area contributed by atoms with Crippen LogP contribution < -0.4 is 10.1 Å². The van der Waals surface area contributed by atoms with Crippen LogP contribution in [0.3, 0.4) is 0 Å². The van der Waals surface area contributed by atoms with Gasteiger partial charge in [0.25, 0.3) is 0 Å². The number of halogens is 2. The molecule has 0 fully saturated rings. The molecule has 3 aromatic carbocycles. The number of hydrogen-bond acceptors (Lipinski definition) is 5. The molecule has 2 aliphatic rings. The van der Waals surface area contributed by atoms with Gasteiger partial charge in [0.15, 0.2) is 5.78 Å². The van der Waals surface area contributed by atoms with Gasteiger partial charge in [0.05, 0.1) is 26.4 Å². The number of hydrogen-bond donors (Lipinski definition) is 1. The minimum atomic E-state index is -0.577. The molecule has 1 aliphatic heterocycles. The van der Waals surface area contributed by atoms with Crippen LogP contribution in [0, 0.1) is 3.57 Å². The van der Waals surface area contributed by atoms with Crippen LogP contribution in [-0.4, -0.2) is 18.9 Å². The topological polar surface area (TPSA) is 64.6 Å². The molecule has 0 saturated heterocycles. The van der Waals surface area contributed by atoms with Crippen molar-refractivity contribution in [2.24, 2.45) is 0 Å². The number of ketones is 1. The van der Waals surface area contributed by atoms with Crippen LogP contribution in [0.25, 0.3) is 5.70 Å². The first-order valence-corrected chi connectivity index (χ1v) is 12.9. The van der Waals surface area contributed by atoms with Gasteiger partial charge in [-0.25, -0.2) is 4.79 Å². The van der Waals surface area contributed by atoms with Crippen molar-refractivity contribution in [3.05, 3.63) is 114 Å². The number of methoxy groups -OCH3 is 1. The van der Waals surface area contributed by atoms with Crippen molar-refractivity contribution in [1.29, 1.82) is 0 Å². The van der Waals surface area contributed by atoms with Crippen LogP contribution in [0.2, 0.25) is 0 Å². The number of allylic oxidation sites excluding steroid dienone is 2. The zero-order valence-electron chi connectivity index (χ0n) is 19.0. The number of dihydropyridines is 1. The van der Waals surface area contributed by atoms with Crippen LogP contribution in [0.5, 0.6) is 5.75 Å². The van der Waals surface area contributed by atoms with Crippen molar-refractivity contribution in [3.63, 3.8) is 0 Å². The summed E-state index contributed by atoms with van der Waals surface area (Å²) in [5.74, 6) is -0.419. The zero-order valence-corrected chi connectivity index (χ0v) is 22.8. The fourth-order valence-electron chi connectivity index (χ4n) is 4.66. The Bertz CT molecular complexity index is 1400. The highest BCUT2D eigenvalue weighted by Crippen LogP contribution is 2.48. The average molecular weight is 642 g/mol. The first kappa shape index (κ1) is 23.8. The fourth-order valence-corrected chi connectivity index (χ4v) is 6.43. The Kier molecular flexibility index (Phi) is 6.55. The van der Waals surface area contributed by atoms with E-state index in [0.717, 1.165) is 30.4 Å². The summed E-state index contributed by atoms with van der Waals surface area (Å²) >= 11 is 5.90. The highest BCUT2D eigenvalue weighted by atomic mass is 127. The number of rotatable bonds is 5. The van der Waals surface area contributed by atoms with Gasteiger partial charge in [-0.1, -0.05) is 54.6 Å². The number of Topliss-reactive ketones (excluding diaryl/α,β-unsaturated/α-hetero) is 1. The molecule has 0 spiro atoms. The van der Waals surface area contributed by atoms with E-state index in [9.17, 15) is 9.59 Å². The minimum absolute atomic E-state index is 0.0856. The van der Waals surface area contributed by atoms with Crippen molar-refractivity contribution < 1.29 is 19.1 Å². The summed E-state index contributed by atoms with van der Waals surface area (Å²) < 4.78 is 12.9. The number of carbonyl (C=O) groups excluding carboxylic acids is 2. The van der Waals surface area contributed by atoms with Gasteiger partial charge >= 0.3 is 5.97 Å². The van der Waals surface area contributed by atoms with E-state index < -0.39 is 11.9 Å². The van der Waals surface area contributed by atoms with Gasteiger partial charge in [-0.2, -0.15) is 0 Å². The summed E-state index contributed by atoms with van der Waals surface area (Å²) in [4.78, 5) is 26.5. The second kappa shape index (κ2) is 9.62. The van der Waals surface area contributed by atoms with Gasteiger partial charge in [0.1, 0.15) is 12.4 Å². The predicted molar refractivity (Wildman–Crippen MR) is 146 cm³/mol. The molecule has 5 nitrogen and oxygen atoms in total. The Labute approximate surface area is 225 Å². The molecule has 1 N–H and O–H groups in total. The van der Waals surface area contributed by atoms with Crippen molar-refractivity contribution in [2.45, 2.75) is 19.4 Å². The molecule has 1 atom stereocenters. The molecule has 1 aliphatic carbocycles. The van der Waals surface area contributed by atoms with Crippen LogP contribution in [0.1, 0.15) is 39.9 Å². The number of fused-ring (bicyclic) bond motifs is 2. The van der Waals surface area contributed by atoms with E-state index in [1.807, 2.05) is 73.7 Å². The maximum Gasteiger partial charge on any atom is 0.336 e. The third-order valence-corrected chi connectivity index (χ3v) is 7.62. The van der Waals surface area contributed by atoms with E-state index in [-0.39, 0.29) is 5.78 Å². The minimum Gasteiger partial charge on any atom is -0.487 e. The second-order valence-electron chi connectivity index (χ2n) is 8.34. The third-order valence-electron chi connectivity index (χ3n) is 6.23. The molecule has 0 unspecified atom stereocenters. The fraction of sp³-hybridized carbons (Fsp3) is 0.143. The molecule has 5 rings (SSSR count). The summed E-state index contributed by atoms with van der Waals surface area (Å²) in [6.07, 6.45) is 0. The summed E-state index contributed by atoms with van der Waals surface area (Å²) in [6, 6.07) is 21.4. The normalized spacial score (nSPS) is 16.6. The number of ether oxygens (including phenoxy) is 2. The quantitative estimate of drug-likeness (QED) is 0.259. The Morgan fingerprint density at radius 2 is 1.74 bits per heavy atom. The van der Waals surface area contributed by atoms with Gasteiger partial charge in [-0.05, 0) is 68.7 Å². The van der Waals surface area contributed by atoms with Crippen molar-refractivity contribution in [2.75, 3.05) is 7.11 Å². The lowest BCUT2D eigenvalue weighted by Crippen LogP contribution is -2.29. The van der Waals surface area contributed by atoms with Gasteiger partial charge in [0.2, 0.25) is 0 Å². The number of carbonyl (C=O) groups is 2. The monoisotopic (exact) mass is 641 g/mol. The van der Waals surface area contributed by atoms with Gasteiger partial charge in [-0.15, -0.1) is 0 Å². The third kappa shape index (κ3) is 4.21. The van der Waals surface area contributed by atoms with Crippen LogP contribution in [-0.2, 0) is 16.1 Å². The molecule has 0 radical (unpaired) electrons. The van der Waals surface area contributed by atoms with E-state index in [1.54, 1.807) is 0 Å². The average Bonchev–Trinajstić information content (AvgIpc) is 3.14. The van der Waals surface area contributed by atoms with Crippen LogP contribution >= 0.6 is 38.5 Å². The van der Waals surface area contributed by atoms with E-state index in [1.165, 1.54) is 7.11 Å². The molecular formula is C28H21BrINO4. The van der Waals surface area contributed by atoms with Crippen molar-refractivity contribution in [3.8, 4) is 5.75 Å². The zero-order chi connectivity index (χ0) is 24.7. The number of benzene rings is 3. The second-order valence-corrected chi connectivity index (χ2v) is 10.4. The molecule has 35 heavy (non-hydrogen) atoms. The maximum atomic E-state index is 13.6. The lowest BCUT2D eigenvalue weighted by atomic mass is 9.80. The standard InChI is InChI=1S/C28H21BrINO4/c1-15-22(28(33)34-2)23(24-25(31-15)18-10-6-7-11-19(18)26(24)32)17-12-20(29)27(21(30)13-17)35-14-16-8-4-3-5-9-16/h3-13,23,31H,14H2,1-2H3/t23-/m1/s1. The molecule has 3 aromatic rings. The molecule has 0 amide bonds. The lowest BCUT2D eigenvalue weighted by Gasteiger charge is -2.29. The highest BCUT2D eigenvalue weighted by Gasteiger charge is 2.43. The Morgan fingerprint density at radius 3 is 2.43 bits per heavy atom. The van der Waals surface area contributed by atoms with E-state index in [4.69, 9.17) is 9.47 Å². The molecule has 176 valence electrons. The summed E-state index contributed by atoms with van der Waals surface area (Å²) in [6.45, 7) is 2.27. The summed E-state index contributed by atoms with van der Waals surface area (Å²) in [5.41, 5.74) is 5.74. The van der Waals surface area contributed by atoms with Crippen LogP contribution in [0.15, 0.2) is 88.0 Å². The Hall–Kier alpha value is -2.91. The van der Waals surface area contributed by atoms with E-state index >= 15 is 0 Å². The SMILES string of the molecule is COC(=O)C1=C(C)NC2=C(C(=O)c3ccccc32)[C@@H]1c1cc(Br)c(OCc2ccccc2)c(I)c1. The number of nitrogens with one attached hydrogen (secondary N) is 1.